The van der Waals surface area contributed by atoms with Gasteiger partial charge in [-0.3, -0.25) is 4.98 Å². The predicted molar refractivity (Wildman–Crippen MR) is 47.8 cm³/mol. The molecule has 0 spiro atoms. The number of hydrogen-bond donors (Lipinski definition) is 2. The molecule has 0 aliphatic rings. The highest BCUT2D eigenvalue weighted by Crippen LogP contribution is 2.28. The Morgan fingerprint density at radius 2 is 2.00 bits per heavy atom. The van der Waals surface area contributed by atoms with Gasteiger partial charge in [-0.15, -0.1) is 0 Å². The minimum atomic E-state index is -4.54. The summed E-state index contributed by atoms with van der Waals surface area (Å²) in [4.78, 5) is 3.35. The first kappa shape index (κ1) is 12.0. The Kier molecular flexibility index (Phi) is 3.44. The molecule has 8 heteroatoms. The van der Waals surface area contributed by atoms with E-state index in [1.165, 1.54) is 0 Å². The predicted octanol–water partition coefficient (Wildman–Crippen LogP) is 1.74. The number of hydrogen-bond acceptors (Lipinski definition) is 5. The van der Waals surface area contributed by atoms with E-state index in [4.69, 9.17) is 10.4 Å². The second-order valence-electron chi connectivity index (χ2n) is 2.69. The molecule has 0 radical (unpaired) electrons. The Balaban J connectivity index is 3.17. The van der Waals surface area contributed by atoms with Crippen molar-refractivity contribution in [3.05, 3.63) is 29.6 Å². The van der Waals surface area contributed by atoms with Gasteiger partial charge in [0.25, 0.3) is 0 Å². The van der Waals surface area contributed by atoms with Crippen LogP contribution in [0, 0.1) is 0 Å². The van der Waals surface area contributed by atoms with Gasteiger partial charge in [0.1, 0.15) is 5.71 Å². The molecule has 0 aromatic carbocycles. The first-order chi connectivity index (χ1) is 7.49. The van der Waals surface area contributed by atoms with Crippen LogP contribution in [0.25, 0.3) is 0 Å². The van der Waals surface area contributed by atoms with Crippen molar-refractivity contribution < 1.29 is 23.6 Å². The lowest BCUT2D eigenvalue weighted by Crippen LogP contribution is -2.09. The van der Waals surface area contributed by atoms with Crippen molar-refractivity contribution >= 4 is 11.9 Å². The average Bonchev–Trinajstić information content (AvgIpc) is 2.25. The Morgan fingerprint density at radius 3 is 2.50 bits per heavy atom. The highest BCUT2D eigenvalue weighted by atomic mass is 19.4. The molecule has 1 heterocycles. The molecule has 0 amide bonds. The van der Waals surface area contributed by atoms with E-state index < -0.39 is 11.7 Å². The zero-order chi connectivity index (χ0) is 12.2. The van der Waals surface area contributed by atoms with Gasteiger partial charge in [-0.25, -0.2) is 0 Å². The lowest BCUT2D eigenvalue weighted by atomic mass is 10.1. The van der Waals surface area contributed by atoms with Gasteiger partial charge < -0.3 is 10.4 Å². The van der Waals surface area contributed by atoms with Gasteiger partial charge >= 0.3 is 6.18 Å². The van der Waals surface area contributed by atoms with Crippen LogP contribution in [-0.4, -0.2) is 27.3 Å². The minimum Gasteiger partial charge on any atom is -0.411 e. The van der Waals surface area contributed by atoms with E-state index in [0.29, 0.717) is 12.4 Å². The van der Waals surface area contributed by atoms with E-state index in [1.54, 1.807) is 0 Å². The van der Waals surface area contributed by atoms with Gasteiger partial charge in [0.15, 0.2) is 0 Å². The van der Waals surface area contributed by atoms with Crippen LogP contribution in [-0.2, 0) is 6.18 Å². The van der Waals surface area contributed by atoms with Gasteiger partial charge in [-0.05, 0) is 6.07 Å². The summed E-state index contributed by atoms with van der Waals surface area (Å²) < 4.78 is 36.9. The minimum absolute atomic E-state index is 0.116. The third kappa shape index (κ3) is 2.69. The number of aromatic nitrogens is 1. The molecule has 1 rings (SSSR count). The smallest absolute Gasteiger partial charge is 0.411 e. The van der Waals surface area contributed by atoms with Gasteiger partial charge in [0.2, 0.25) is 0 Å². The maximum absolute atomic E-state index is 12.3. The van der Waals surface area contributed by atoms with Gasteiger partial charge in [-0.1, -0.05) is 10.3 Å². The molecule has 86 valence electrons. The van der Waals surface area contributed by atoms with Crippen molar-refractivity contribution in [1.82, 2.24) is 4.98 Å². The topological polar surface area (TPSA) is 78.1 Å². The lowest BCUT2D eigenvalue weighted by Gasteiger charge is -2.06. The summed E-state index contributed by atoms with van der Waals surface area (Å²) in [6.07, 6.45) is -2.17. The Bertz CT molecular complexity index is 429. The SMILES string of the molecule is ON=CC(=NO)c1cncc(C(F)(F)F)c1. The second-order valence-corrected chi connectivity index (χ2v) is 2.69. The molecule has 1 aromatic rings. The summed E-state index contributed by atoms with van der Waals surface area (Å²) in [7, 11) is 0. The summed E-state index contributed by atoms with van der Waals surface area (Å²) in [6, 6.07) is 0.726. The second kappa shape index (κ2) is 4.60. The van der Waals surface area contributed by atoms with Crippen molar-refractivity contribution in [2.75, 3.05) is 0 Å². The normalized spacial score (nSPS) is 13.3. The molecule has 0 aliphatic carbocycles. The number of oxime groups is 2. The summed E-state index contributed by atoms with van der Waals surface area (Å²) in [5.41, 5.74) is -1.44. The number of halogens is 3. The van der Waals surface area contributed by atoms with Gasteiger partial charge in [0, 0.05) is 18.0 Å². The van der Waals surface area contributed by atoms with Crippen LogP contribution in [0.2, 0.25) is 0 Å². The van der Waals surface area contributed by atoms with Crippen molar-refractivity contribution in [1.29, 1.82) is 0 Å². The number of pyridine rings is 1. The first-order valence-electron chi connectivity index (χ1n) is 3.91. The maximum atomic E-state index is 12.3. The van der Waals surface area contributed by atoms with Gasteiger partial charge in [-0.2, -0.15) is 13.2 Å². The standard InChI is InChI=1S/C8H6F3N3O2/c9-8(10,11)6-1-5(2-12-3-6)7(14-16)4-13-15/h1-4,15-16H. The van der Waals surface area contributed by atoms with Crippen LogP contribution in [0.15, 0.2) is 28.8 Å². The van der Waals surface area contributed by atoms with E-state index in [9.17, 15) is 13.2 Å². The highest BCUT2D eigenvalue weighted by Gasteiger charge is 2.31. The molecular formula is C8H6F3N3O2. The summed E-state index contributed by atoms with van der Waals surface area (Å²) >= 11 is 0. The third-order valence-corrected chi connectivity index (χ3v) is 1.65. The molecule has 16 heavy (non-hydrogen) atoms. The van der Waals surface area contributed by atoms with Crippen LogP contribution in [0.5, 0.6) is 0 Å². The Hall–Kier alpha value is -2.12. The van der Waals surface area contributed by atoms with E-state index >= 15 is 0 Å². The lowest BCUT2D eigenvalue weighted by molar-refractivity contribution is -0.137. The largest absolute Gasteiger partial charge is 0.417 e. The number of rotatable bonds is 2. The molecule has 0 fully saturated rings. The van der Waals surface area contributed by atoms with Crippen LogP contribution >= 0.6 is 0 Å². The third-order valence-electron chi connectivity index (χ3n) is 1.65. The van der Waals surface area contributed by atoms with E-state index in [0.717, 1.165) is 12.3 Å². The van der Waals surface area contributed by atoms with Crippen LogP contribution < -0.4 is 0 Å². The van der Waals surface area contributed by atoms with E-state index in [-0.39, 0.29) is 11.3 Å². The molecule has 5 nitrogen and oxygen atoms in total. The fraction of sp³-hybridized carbons (Fsp3) is 0.125. The molecule has 1 aromatic heterocycles. The molecule has 0 saturated carbocycles. The first-order valence-corrected chi connectivity index (χ1v) is 3.91. The highest BCUT2D eigenvalue weighted by molar-refractivity contribution is 6.37. The zero-order valence-electron chi connectivity index (χ0n) is 7.68. The summed E-state index contributed by atoms with van der Waals surface area (Å²) in [5.74, 6) is 0. The Labute approximate surface area is 87.5 Å². The van der Waals surface area contributed by atoms with Crippen molar-refractivity contribution in [2.45, 2.75) is 6.18 Å². The summed E-state index contributed by atoms with van der Waals surface area (Å²) in [6.45, 7) is 0. The summed E-state index contributed by atoms with van der Waals surface area (Å²) in [5, 5.41) is 21.9. The molecular weight excluding hydrogens is 227 g/mol. The van der Waals surface area contributed by atoms with E-state index in [2.05, 4.69) is 15.3 Å². The van der Waals surface area contributed by atoms with Crippen LogP contribution in [0.1, 0.15) is 11.1 Å². The molecule has 0 atom stereocenters. The fourth-order valence-corrected chi connectivity index (χ4v) is 0.948. The van der Waals surface area contributed by atoms with E-state index in [1.807, 2.05) is 0 Å². The number of alkyl halides is 3. The molecule has 0 unspecified atom stereocenters. The maximum Gasteiger partial charge on any atom is 0.417 e. The van der Waals surface area contributed by atoms with Crippen molar-refractivity contribution in [2.24, 2.45) is 10.3 Å². The Morgan fingerprint density at radius 1 is 1.31 bits per heavy atom. The average molecular weight is 233 g/mol. The zero-order valence-corrected chi connectivity index (χ0v) is 7.68. The quantitative estimate of drug-likeness (QED) is 0.464. The van der Waals surface area contributed by atoms with Crippen LogP contribution in [0.4, 0.5) is 13.2 Å². The molecule has 2 N–H and O–H groups in total. The van der Waals surface area contributed by atoms with Crippen molar-refractivity contribution in [3.8, 4) is 0 Å². The fourth-order valence-electron chi connectivity index (χ4n) is 0.948. The monoisotopic (exact) mass is 233 g/mol. The molecule has 0 aliphatic heterocycles. The van der Waals surface area contributed by atoms with Crippen LogP contribution in [0.3, 0.4) is 0 Å². The van der Waals surface area contributed by atoms with Gasteiger partial charge in [0.05, 0.1) is 11.8 Å². The molecule has 0 bridgehead atoms. The van der Waals surface area contributed by atoms with Crippen molar-refractivity contribution in [3.63, 3.8) is 0 Å². The number of nitrogens with zero attached hydrogens (tertiary/aromatic N) is 3. The molecule has 0 saturated heterocycles.